The number of nitrogens with zero attached hydrogens (tertiary/aromatic N) is 3. The van der Waals surface area contributed by atoms with Crippen molar-refractivity contribution in [1.29, 1.82) is 0 Å². The number of rotatable bonds is 10. The fraction of sp³-hybridized carbons (Fsp3) is 0.154. The summed E-state index contributed by atoms with van der Waals surface area (Å²) >= 11 is 1.29. The molecule has 1 heterocycles. The number of aromatic nitrogens is 3. The van der Waals surface area contributed by atoms with Gasteiger partial charge in [-0.2, -0.15) is 0 Å². The molecule has 0 saturated carbocycles. The monoisotopic (exact) mass is 487 g/mol. The fourth-order valence-electron chi connectivity index (χ4n) is 3.45. The van der Waals surface area contributed by atoms with Crippen molar-refractivity contribution >= 4 is 34.8 Å². The molecule has 8 nitrogen and oxygen atoms in total. The third-order valence-electron chi connectivity index (χ3n) is 5.14. The average Bonchev–Trinajstić information content (AvgIpc) is 3.29. The number of methoxy groups -OCH3 is 1. The number of carbonyl (C=O) groups is 2. The number of amides is 1. The molecule has 0 saturated heterocycles. The Balaban J connectivity index is 1.49. The summed E-state index contributed by atoms with van der Waals surface area (Å²) in [7, 11) is 1.63. The predicted octanol–water partition coefficient (Wildman–Crippen LogP) is 4.82. The second-order valence-electron chi connectivity index (χ2n) is 7.60. The molecule has 2 N–H and O–H groups in total. The molecule has 35 heavy (non-hydrogen) atoms. The molecule has 0 aliphatic carbocycles. The molecule has 4 aromatic rings. The van der Waals surface area contributed by atoms with Crippen molar-refractivity contribution < 1.29 is 14.3 Å². The number of hydrogen-bond donors (Lipinski definition) is 2. The van der Waals surface area contributed by atoms with E-state index in [4.69, 9.17) is 4.74 Å². The highest BCUT2D eigenvalue weighted by Crippen LogP contribution is 2.26. The van der Waals surface area contributed by atoms with E-state index in [1.54, 1.807) is 31.4 Å². The van der Waals surface area contributed by atoms with Crippen LogP contribution in [0.1, 0.15) is 23.1 Å². The fourth-order valence-corrected chi connectivity index (χ4v) is 4.22. The Hall–Kier alpha value is -4.11. The number of para-hydroxylation sites is 3. The van der Waals surface area contributed by atoms with E-state index >= 15 is 0 Å². The number of carbonyl (C=O) groups excluding carboxylic acids is 2. The number of ketones is 1. The molecular formula is C26H25N5O3S. The molecule has 0 unspecified atom stereocenters. The van der Waals surface area contributed by atoms with Crippen LogP contribution in [0.5, 0.6) is 5.75 Å². The van der Waals surface area contributed by atoms with Crippen LogP contribution in [0.25, 0.3) is 5.69 Å². The van der Waals surface area contributed by atoms with Crippen molar-refractivity contribution in [1.82, 2.24) is 14.8 Å². The minimum atomic E-state index is -0.202. The maximum atomic E-state index is 12.6. The van der Waals surface area contributed by atoms with Gasteiger partial charge in [0.05, 0.1) is 25.1 Å². The van der Waals surface area contributed by atoms with Gasteiger partial charge in [0.25, 0.3) is 0 Å². The van der Waals surface area contributed by atoms with Gasteiger partial charge in [0.2, 0.25) is 5.91 Å². The standard InChI is InChI=1S/C26H25N5O3S/c1-18(32)19-9-8-10-20(15-19)28-25(33)17-35-26-30-29-24(31(26)21-11-4-3-5-12-21)16-27-22-13-6-7-14-23(22)34-2/h3-15,27H,16-17H2,1-2H3,(H,28,33). The Morgan fingerprint density at radius 3 is 2.51 bits per heavy atom. The first-order valence-electron chi connectivity index (χ1n) is 11.0. The molecule has 178 valence electrons. The number of benzene rings is 3. The van der Waals surface area contributed by atoms with Crippen molar-refractivity contribution in [2.24, 2.45) is 0 Å². The SMILES string of the molecule is COc1ccccc1NCc1nnc(SCC(=O)Nc2cccc(C(C)=O)c2)n1-c1ccccc1. The van der Waals surface area contributed by atoms with E-state index in [2.05, 4.69) is 20.8 Å². The van der Waals surface area contributed by atoms with Gasteiger partial charge < -0.3 is 15.4 Å². The first-order valence-corrected chi connectivity index (χ1v) is 11.9. The summed E-state index contributed by atoms with van der Waals surface area (Å²) in [6, 6.07) is 24.3. The smallest absolute Gasteiger partial charge is 0.234 e. The Kier molecular flexibility index (Phi) is 7.79. The second kappa shape index (κ2) is 11.3. The molecular weight excluding hydrogens is 462 g/mol. The summed E-state index contributed by atoms with van der Waals surface area (Å²) in [6.45, 7) is 1.90. The molecule has 0 aliphatic rings. The number of Topliss-reactive ketones (excluding diaryl/α,β-unsaturated/α-hetero) is 1. The molecule has 0 bridgehead atoms. The van der Waals surface area contributed by atoms with Crippen LogP contribution in [0.15, 0.2) is 84.0 Å². The summed E-state index contributed by atoms with van der Waals surface area (Å²) in [5.74, 6) is 1.31. The molecule has 9 heteroatoms. The number of anilines is 2. The lowest BCUT2D eigenvalue weighted by molar-refractivity contribution is -0.113. The first kappa shape index (κ1) is 24.0. The minimum Gasteiger partial charge on any atom is -0.495 e. The van der Waals surface area contributed by atoms with Gasteiger partial charge in [0.1, 0.15) is 5.75 Å². The highest BCUT2D eigenvalue weighted by Gasteiger charge is 2.16. The van der Waals surface area contributed by atoms with Gasteiger partial charge in [-0.1, -0.05) is 54.2 Å². The van der Waals surface area contributed by atoms with Gasteiger partial charge in [-0.15, -0.1) is 10.2 Å². The summed E-state index contributed by atoms with van der Waals surface area (Å²) in [6.07, 6.45) is 0. The maximum absolute atomic E-state index is 12.6. The van der Waals surface area contributed by atoms with Crippen LogP contribution in [-0.2, 0) is 11.3 Å². The third kappa shape index (κ3) is 6.07. The third-order valence-corrected chi connectivity index (χ3v) is 6.07. The topological polar surface area (TPSA) is 98.1 Å². The lowest BCUT2D eigenvalue weighted by Crippen LogP contribution is -2.15. The van der Waals surface area contributed by atoms with Gasteiger partial charge >= 0.3 is 0 Å². The Bertz CT molecular complexity index is 1320. The Morgan fingerprint density at radius 1 is 0.971 bits per heavy atom. The van der Waals surface area contributed by atoms with Crippen molar-refractivity contribution in [3.63, 3.8) is 0 Å². The van der Waals surface area contributed by atoms with Crippen LogP contribution >= 0.6 is 11.8 Å². The molecule has 1 aromatic heterocycles. The van der Waals surface area contributed by atoms with Crippen LogP contribution in [0.3, 0.4) is 0 Å². The summed E-state index contributed by atoms with van der Waals surface area (Å²) in [4.78, 5) is 24.2. The summed E-state index contributed by atoms with van der Waals surface area (Å²) in [5.41, 5.74) is 2.87. The lowest BCUT2D eigenvalue weighted by atomic mass is 10.1. The van der Waals surface area contributed by atoms with Gasteiger partial charge in [-0.05, 0) is 43.3 Å². The molecule has 0 spiro atoms. The van der Waals surface area contributed by atoms with E-state index in [9.17, 15) is 9.59 Å². The van der Waals surface area contributed by atoms with Crippen molar-refractivity contribution in [2.75, 3.05) is 23.5 Å². The lowest BCUT2D eigenvalue weighted by Gasteiger charge is -2.13. The van der Waals surface area contributed by atoms with E-state index in [0.717, 1.165) is 17.1 Å². The number of ether oxygens (including phenoxy) is 1. The number of nitrogens with one attached hydrogen (secondary N) is 2. The summed E-state index contributed by atoms with van der Waals surface area (Å²) in [5, 5.41) is 15.5. The zero-order valence-electron chi connectivity index (χ0n) is 19.4. The maximum Gasteiger partial charge on any atom is 0.234 e. The number of hydrogen-bond acceptors (Lipinski definition) is 7. The van der Waals surface area contributed by atoms with Crippen molar-refractivity contribution in [3.8, 4) is 11.4 Å². The van der Waals surface area contributed by atoms with E-state index < -0.39 is 0 Å². The minimum absolute atomic E-state index is 0.0549. The predicted molar refractivity (Wildman–Crippen MR) is 137 cm³/mol. The molecule has 1 amide bonds. The van der Waals surface area contributed by atoms with Crippen molar-refractivity contribution in [3.05, 3.63) is 90.3 Å². The van der Waals surface area contributed by atoms with Crippen LogP contribution in [0.2, 0.25) is 0 Å². The van der Waals surface area contributed by atoms with Crippen molar-refractivity contribution in [2.45, 2.75) is 18.6 Å². The van der Waals surface area contributed by atoms with E-state index in [1.165, 1.54) is 18.7 Å². The van der Waals surface area contributed by atoms with Gasteiger partial charge in [0.15, 0.2) is 16.8 Å². The molecule has 0 atom stereocenters. The van der Waals surface area contributed by atoms with Crippen LogP contribution in [0.4, 0.5) is 11.4 Å². The van der Waals surface area contributed by atoms with Crippen LogP contribution < -0.4 is 15.4 Å². The quantitative estimate of drug-likeness (QED) is 0.244. The molecule has 3 aromatic carbocycles. The van der Waals surface area contributed by atoms with E-state index in [1.807, 2.05) is 59.2 Å². The Labute approximate surface area is 207 Å². The first-order chi connectivity index (χ1) is 17.0. The Morgan fingerprint density at radius 2 is 1.74 bits per heavy atom. The van der Waals surface area contributed by atoms with E-state index in [0.29, 0.717) is 28.8 Å². The molecule has 0 fully saturated rings. The van der Waals surface area contributed by atoms with Gasteiger partial charge in [-0.3, -0.25) is 14.2 Å². The normalized spacial score (nSPS) is 10.6. The highest BCUT2D eigenvalue weighted by atomic mass is 32.2. The number of thioether (sulfide) groups is 1. The van der Waals surface area contributed by atoms with Gasteiger partial charge in [-0.25, -0.2) is 0 Å². The highest BCUT2D eigenvalue weighted by molar-refractivity contribution is 7.99. The van der Waals surface area contributed by atoms with E-state index in [-0.39, 0.29) is 17.4 Å². The second-order valence-corrected chi connectivity index (χ2v) is 8.54. The zero-order chi connectivity index (χ0) is 24.6. The summed E-state index contributed by atoms with van der Waals surface area (Å²) < 4.78 is 7.34. The largest absolute Gasteiger partial charge is 0.495 e. The average molecular weight is 488 g/mol. The molecule has 4 rings (SSSR count). The van der Waals surface area contributed by atoms with Crippen LogP contribution in [-0.4, -0.2) is 39.3 Å². The molecule has 0 aliphatic heterocycles. The molecule has 0 radical (unpaired) electrons. The van der Waals surface area contributed by atoms with Crippen LogP contribution in [0, 0.1) is 0 Å². The van der Waals surface area contributed by atoms with Gasteiger partial charge in [0, 0.05) is 16.9 Å². The zero-order valence-corrected chi connectivity index (χ0v) is 20.2.